The van der Waals surface area contributed by atoms with Gasteiger partial charge in [0.05, 0.1) is 0 Å². The van der Waals surface area contributed by atoms with Crippen LogP contribution in [0.2, 0.25) is 0 Å². The van der Waals surface area contributed by atoms with Gasteiger partial charge in [-0.05, 0) is 50.3 Å². The van der Waals surface area contributed by atoms with E-state index in [2.05, 4.69) is 5.32 Å². The van der Waals surface area contributed by atoms with Crippen LogP contribution >= 0.6 is 0 Å². The summed E-state index contributed by atoms with van der Waals surface area (Å²) < 4.78 is 13.7. The van der Waals surface area contributed by atoms with Crippen molar-refractivity contribution in [1.82, 2.24) is 10.2 Å². The molecule has 0 atom stereocenters. The van der Waals surface area contributed by atoms with E-state index in [1.54, 1.807) is 24.0 Å². The molecule has 0 unspecified atom stereocenters. The second kappa shape index (κ2) is 7.98. The maximum absolute atomic E-state index is 13.7. The van der Waals surface area contributed by atoms with Crippen molar-refractivity contribution in [3.63, 3.8) is 0 Å². The zero-order valence-corrected chi connectivity index (χ0v) is 14.9. The highest BCUT2D eigenvalue weighted by molar-refractivity contribution is 5.94. The molecule has 1 aromatic rings. The molecule has 0 spiro atoms. The van der Waals surface area contributed by atoms with Crippen LogP contribution in [0, 0.1) is 18.7 Å². The highest BCUT2D eigenvalue weighted by Gasteiger charge is 2.27. The number of carbonyl (C=O) groups excluding carboxylic acids is 2. The molecule has 2 fully saturated rings. The fourth-order valence-corrected chi connectivity index (χ4v) is 3.82. The summed E-state index contributed by atoms with van der Waals surface area (Å²) in [5, 5.41) is 3.17. The van der Waals surface area contributed by atoms with Gasteiger partial charge in [0.1, 0.15) is 5.82 Å². The number of halogens is 1. The second-order valence-electron chi connectivity index (χ2n) is 7.37. The summed E-state index contributed by atoms with van der Waals surface area (Å²) in [6, 6.07) is 4.78. The van der Waals surface area contributed by atoms with E-state index in [1.165, 1.54) is 12.5 Å². The molecular formula is C20H27FN2O2. The average molecular weight is 346 g/mol. The summed E-state index contributed by atoms with van der Waals surface area (Å²) in [5.74, 6) is -0.120. The first-order valence-electron chi connectivity index (χ1n) is 9.40. The van der Waals surface area contributed by atoms with Gasteiger partial charge >= 0.3 is 0 Å². The minimum absolute atomic E-state index is 0.129. The Kier molecular flexibility index (Phi) is 5.71. The monoisotopic (exact) mass is 346 g/mol. The zero-order chi connectivity index (χ0) is 17.8. The molecule has 136 valence electrons. The topological polar surface area (TPSA) is 49.4 Å². The van der Waals surface area contributed by atoms with Crippen LogP contribution in [0.25, 0.3) is 0 Å². The summed E-state index contributed by atoms with van der Waals surface area (Å²) in [7, 11) is 0. The summed E-state index contributed by atoms with van der Waals surface area (Å²) in [6.07, 6.45) is 7.07. The lowest BCUT2D eigenvalue weighted by Gasteiger charge is -2.33. The first kappa shape index (κ1) is 17.9. The summed E-state index contributed by atoms with van der Waals surface area (Å²) in [6.45, 7) is 2.89. The van der Waals surface area contributed by atoms with Crippen molar-refractivity contribution in [1.29, 1.82) is 0 Å². The van der Waals surface area contributed by atoms with Gasteiger partial charge in [-0.3, -0.25) is 9.59 Å². The highest BCUT2D eigenvalue weighted by atomic mass is 19.1. The molecule has 1 aliphatic carbocycles. The van der Waals surface area contributed by atoms with Crippen molar-refractivity contribution in [2.24, 2.45) is 5.92 Å². The molecule has 1 N–H and O–H groups in total. The van der Waals surface area contributed by atoms with Crippen LogP contribution in [0.1, 0.15) is 60.9 Å². The summed E-state index contributed by atoms with van der Waals surface area (Å²) >= 11 is 0. The quantitative estimate of drug-likeness (QED) is 0.911. The van der Waals surface area contributed by atoms with E-state index < -0.39 is 0 Å². The minimum atomic E-state index is -0.347. The second-order valence-corrected chi connectivity index (χ2v) is 7.37. The number of amides is 2. The van der Waals surface area contributed by atoms with Gasteiger partial charge < -0.3 is 10.2 Å². The number of nitrogens with zero attached hydrogens (tertiary/aromatic N) is 1. The molecule has 3 rings (SSSR count). The van der Waals surface area contributed by atoms with E-state index in [9.17, 15) is 14.0 Å². The third-order valence-electron chi connectivity index (χ3n) is 5.52. The van der Waals surface area contributed by atoms with E-state index in [-0.39, 0.29) is 29.6 Å². The first-order valence-corrected chi connectivity index (χ1v) is 9.40. The zero-order valence-electron chi connectivity index (χ0n) is 14.9. The smallest absolute Gasteiger partial charge is 0.253 e. The van der Waals surface area contributed by atoms with E-state index in [0.717, 1.165) is 38.5 Å². The SMILES string of the molecule is Cc1ccc(C(=O)N2CCC(NC(=O)C3CCCCC3)CC2)cc1F. The number of nitrogens with one attached hydrogen (secondary N) is 1. The normalized spacial score (nSPS) is 19.7. The number of likely N-dealkylation sites (tertiary alicyclic amines) is 1. The Morgan fingerprint density at radius 3 is 2.40 bits per heavy atom. The molecule has 0 bridgehead atoms. The fraction of sp³-hybridized carbons (Fsp3) is 0.600. The van der Waals surface area contributed by atoms with Crippen LogP contribution in [0.5, 0.6) is 0 Å². The summed E-state index contributed by atoms with van der Waals surface area (Å²) in [4.78, 5) is 26.6. The number of piperidine rings is 1. The summed E-state index contributed by atoms with van der Waals surface area (Å²) in [5.41, 5.74) is 0.938. The van der Waals surface area contributed by atoms with Crippen molar-refractivity contribution >= 4 is 11.8 Å². The van der Waals surface area contributed by atoms with Gasteiger partial charge in [0.2, 0.25) is 5.91 Å². The molecule has 1 aliphatic heterocycles. The lowest BCUT2D eigenvalue weighted by molar-refractivity contribution is -0.126. The van der Waals surface area contributed by atoms with Crippen LogP contribution in [0.3, 0.4) is 0 Å². The van der Waals surface area contributed by atoms with E-state index in [0.29, 0.717) is 24.2 Å². The molecule has 1 saturated heterocycles. The molecule has 25 heavy (non-hydrogen) atoms. The van der Waals surface area contributed by atoms with Crippen LogP contribution in [-0.4, -0.2) is 35.8 Å². The molecule has 5 heteroatoms. The predicted molar refractivity (Wildman–Crippen MR) is 94.8 cm³/mol. The minimum Gasteiger partial charge on any atom is -0.353 e. The molecule has 2 aliphatic rings. The average Bonchev–Trinajstić information content (AvgIpc) is 2.65. The van der Waals surface area contributed by atoms with E-state index >= 15 is 0 Å². The number of carbonyl (C=O) groups is 2. The van der Waals surface area contributed by atoms with Crippen molar-refractivity contribution in [3.8, 4) is 0 Å². The maximum atomic E-state index is 13.7. The third-order valence-corrected chi connectivity index (χ3v) is 5.52. The molecule has 1 aromatic carbocycles. The van der Waals surface area contributed by atoms with Gasteiger partial charge in [0.25, 0.3) is 5.91 Å². The molecule has 0 aromatic heterocycles. The van der Waals surface area contributed by atoms with Crippen LogP contribution in [-0.2, 0) is 4.79 Å². The van der Waals surface area contributed by atoms with Crippen molar-refractivity contribution in [3.05, 3.63) is 35.1 Å². The molecule has 0 radical (unpaired) electrons. The van der Waals surface area contributed by atoms with E-state index in [1.807, 2.05) is 0 Å². The third kappa shape index (κ3) is 4.39. The number of hydrogen-bond donors (Lipinski definition) is 1. The number of rotatable bonds is 3. The highest BCUT2D eigenvalue weighted by Crippen LogP contribution is 2.24. The van der Waals surface area contributed by atoms with Crippen molar-refractivity contribution in [2.75, 3.05) is 13.1 Å². The molecule has 1 heterocycles. The Labute approximate surface area is 148 Å². The largest absolute Gasteiger partial charge is 0.353 e. The Balaban J connectivity index is 1.50. The van der Waals surface area contributed by atoms with Crippen LogP contribution < -0.4 is 5.32 Å². The predicted octanol–water partition coefficient (Wildman–Crippen LogP) is 3.44. The van der Waals surface area contributed by atoms with E-state index in [4.69, 9.17) is 0 Å². The lowest BCUT2D eigenvalue weighted by Crippen LogP contribution is -2.48. The number of hydrogen-bond acceptors (Lipinski definition) is 2. The standard InChI is InChI=1S/C20H27FN2O2/c1-14-7-8-16(13-18(14)21)20(25)23-11-9-17(10-12-23)22-19(24)15-5-3-2-4-6-15/h7-8,13,15,17H,2-6,9-12H2,1H3,(H,22,24). The van der Waals surface area contributed by atoms with Crippen LogP contribution in [0.15, 0.2) is 18.2 Å². The Hall–Kier alpha value is -1.91. The lowest BCUT2D eigenvalue weighted by atomic mass is 9.88. The van der Waals surface area contributed by atoms with Gasteiger partial charge in [-0.25, -0.2) is 4.39 Å². The Bertz CT molecular complexity index is 633. The number of benzene rings is 1. The maximum Gasteiger partial charge on any atom is 0.253 e. The Morgan fingerprint density at radius 1 is 1.08 bits per heavy atom. The Morgan fingerprint density at radius 2 is 1.76 bits per heavy atom. The van der Waals surface area contributed by atoms with Gasteiger partial charge in [-0.1, -0.05) is 25.3 Å². The van der Waals surface area contributed by atoms with Crippen molar-refractivity contribution < 1.29 is 14.0 Å². The first-order chi connectivity index (χ1) is 12.0. The molecule has 1 saturated carbocycles. The molecular weight excluding hydrogens is 319 g/mol. The number of aryl methyl sites for hydroxylation is 1. The fourth-order valence-electron chi connectivity index (χ4n) is 3.82. The van der Waals surface area contributed by atoms with Gasteiger partial charge in [-0.15, -0.1) is 0 Å². The van der Waals surface area contributed by atoms with Crippen molar-refractivity contribution in [2.45, 2.75) is 57.9 Å². The van der Waals surface area contributed by atoms with Gasteiger partial charge in [0.15, 0.2) is 0 Å². The molecule has 4 nitrogen and oxygen atoms in total. The van der Waals surface area contributed by atoms with Gasteiger partial charge in [-0.2, -0.15) is 0 Å². The molecule has 2 amide bonds. The van der Waals surface area contributed by atoms with Gasteiger partial charge in [0, 0.05) is 30.6 Å². The van der Waals surface area contributed by atoms with Crippen LogP contribution in [0.4, 0.5) is 4.39 Å².